The molecular formula is C13H19FN2O3S2. The van der Waals surface area contributed by atoms with Crippen molar-refractivity contribution in [1.82, 2.24) is 4.72 Å². The van der Waals surface area contributed by atoms with Gasteiger partial charge in [0.15, 0.2) is 11.6 Å². The zero-order valence-corrected chi connectivity index (χ0v) is 13.6. The van der Waals surface area contributed by atoms with Crippen molar-refractivity contribution >= 4 is 27.5 Å². The molecule has 1 atom stereocenters. The number of halogens is 1. The maximum atomic E-state index is 13.8. The zero-order valence-electron chi connectivity index (χ0n) is 12.0. The summed E-state index contributed by atoms with van der Waals surface area (Å²) in [5.74, 6) is 0.0918. The summed E-state index contributed by atoms with van der Waals surface area (Å²) in [6.45, 7) is 2.34. The molecular weight excluding hydrogens is 315 g/mol. The molecule has 21 heavy (non-hydrogen) atoms. The number of anilines is 1. The van der Waals surface area contributed by atoms with Crippen LogP contribution in [0.3, 0.4) is 0 Å². The lowest BCUT2D eigenvalue weighted by Gasteiger charge is -2.22. The van der Waals surface area contributed by atoms with E-state index in [1.165, 1.54) is 13.2 Å². The molecule has 1 aliphatic heterocycles. The fourth-order valence-electron chi connectivity index (χ4n) is 2.27. The van der Waals surface area contributed by atoms with Gasteiger partial charge in [0.1, 0.15) is 0 Å². The predicted octanol–water partition coefficient (Wildman–Crippen LogP) is 1.98. The number of nitrogen functional groups attached to an aromatic ring is 1. The van der Waals surface area contributed by atoms with Gasteiger partial charge in [-0.15, -0.1) is 0 Å². The average Bonchev–Trinajstić information content (AvgIpc) is 2.84. The van der Waals surface area contributed by atoms with Crippen LogP contribution in [-0.4, -0.2) is 32.6 Å². The molecule has 3 N–H and O–H groups in total. The summed E-state index contributed by atoms with van der Waals surface area (Å²) < 4.78 is 45.5. The topological polar surface area (TPSA) is 81.4 Å². The van der Waals surface area contributed by atoms with E-state index < -0.39 is 15.8 Å². The van der Waals surface area contributed by atoms with Crippen LogP contribution in [0.25, 0.3) is 0 Å². The molecule has 1 aliphatic rings. The largest absolute Gasteiger partial charge is 0.492 e. The maximum Gasteiger partial charge on any atom is 0.240 e. The Hall–Kier alpha value is -0.990. The molecule has 1 fully saturated rings. The molecule has 1 unspecified atom stereocenters. The third-order valence-corrected chi connectivity index (χ3v) is 6.42. The number of nitrogens with two attached hydrogens (primary N) is 1. The van der Waals surface area contributed by atoms with Gasteiger partial charge in [-0.1, -0.05) is 0 Å². The maximum absolute atomic E-state index is 13.8. The first-order valence-corrected chi connectivity index (χ1v) is 9.01. The third-order valence-electron chi connectivity index (χ3n) is 3.50. The van der Waals surface area contributed by atoms with Crippen LogP contribution in [0.2, 0.25) is 0 Å². The number of methoxy groups -OCH3 is 1. The third kappa shape index (κ3) is 3.61. The first-order valence-electron chi connectivity index (χ1n) is 6.54. The van der Waals surface area contributed by atoms with Gasteiger partial charge in [0.2, 0.25) is 10.0 Å². The lowest BCUT2D eigenvalue weighted by molar-refractivity contribution is 0.388. The number of benzene rings is 1. The molecule has 0 saturated carbocycles. The highest BCUT2D eigenvalue weighted by Gasteiger charge is 2.31. The van der Waals surface area contributed by atoms with Gasteiger partial charge in [0.05, 0.1) is 17.7 Å². The van der Waals surface area contributed by atoms with Crippen molar-refractivity contribution in [3.05, 3.63) is 17.9 Å². The van der Waals surface area contributed by atoms with E-state index >= 15 is 0 Å². The molecule has 1 saturated heterocycles. The molecule has 0 spiro atoms. The first-order chi connectivity index (χ1) is 9.77. The van der Waals surface area contributed by atoms with Gasteiger partial charge in [-0.3, -0.25) is 0 Å². The van der Waals surface area contributed by atoms with Crippen LogP contribution in [0.15, 0.2) is 17.0 Å². The Morgan fingerprint density at radius 3 is 2.76 bits per heavy atom. The number of hydrogen-bond acceptors (Lipinski definition) is 5. The molecule has 118 valence electrons. The molecule has 1 heterocycles. The van der Waals surface area contributed by atoms with E-state index in [-0.39, 0.29) is 21.1 Å². The van der Waals surface area contributed by atoms with Crippen molar-refractivity contribution in [2.45, 2.75) is 29.4 Å². The molecule has 5 nitrogen and oxygen atoms in total. The van der Waals surface area contributed by atoms with E-state index in [4.69, 9.17) is 10.5 Å². The zero-order chi connectivity index (χ0) is 15.7. The van der Waals surface area contributed by atoms with E-state index in [2.05, 4.69) is 4.72 Å². The quantitative estimate of drug-likeness (QED) is 0.805. The SMILES string of the molecule is COc1c(N)cc(S(=O)(=O)NCC2(C)CCCS2)cc1F. The van der Waals surface area contributed by atoms with E-state index in [0.29, 0.717) is 6.54 Å². The Balaban J connectivity index is 2.20. The highest BCUT2D eigenvalue weighted by molar-refractivity contribution is 8.01. The smallest absolute Gasteiger partial charge is 0.240 e. The average molecular weight is 334 g/mol. The van der Waals surface area contributed by atoms with Crippen molar-refractivity contribution in [3.8, 4) is 5.75 Å². The summed E-state index contributed by atoms with van der Waals surface area (Å²) in [5.41, 5.74) is 5.57. The van der Waals surface area contributed by atoms with Gasteiger partial charge in [-0.25, -0.2) is 17.5 Å². The van der Waals surface area contributed by atoms with Gasteiger partial charge in [0.25, 0.3) is 0 Å². The molecule has 2 rings (SSSR count). The second-order valence-corrected chi connectivity index (χ2v) is 8.70. The van der Waals surface area contributed by atoms with Crippen LogP contribution < -0.4 is 15.2 Å². The van der Waals surface area contributed by atoms with Crippen LogP contribution >= 0.6 is 11.8 Å². The predicted molar refractivity (Wildman–Crippen MR) is 82.6 cm³/mol. The number of thioether (sulfide) groups is 1. The van der Waals surface area contributed by atoms with Crippen LogP contribution in [0.4, 0.5) is 10.1 Å². The summed E-state index contributed by atoms with van der Waals surface area (Å²) in [6, 6.07) is 2.12. The first kappa shape index (κ1) is 16.4. The minimum Gasteiger partial charge on any atom is -0.492 e. The fraction of sp³-hybridized carbons (Fsp3) is 0.538. The normalized spacial score (nSPS) is 22.4. The number of sulfonamides is 1. The lowest BCUT2D eigenvalue weighted by atomic mass is 10.1. The van der Waals surface area contributed by atoms with Crippen molar-refractivity contribution in [2.75, 3.05) is 25.1 Å². The minimum absolute atomic E-state index is 0.0423. The number of rotatable bonds is 5. The van der Waals surface area contributed by atoms with Gasteiger partial charge in [-0.05, 0) is 37.7 Å². The summed E-state index contributed by atoms with van der Waals surface area (Å²) in [4.78, 5) is -0.190. The van der Waals surface area contributed by atoms with E-state index in [1.807, 2.05) is 6.92 Å². The van der Waals surface area contributed by atoms with Crippen LogP contribution in [0, 0.1) is 5.82 Å². The molecule has 0 aliphatic carbocycles. The second kappa shape index (κ2) is 6.02. The molecule has 0 bridgehead atoms. The standard InChI is InChI=1S/C13H19FN2O3S2/c1-13(4-3-5-20-13)8-16-21(17,18)9-6-10(14)12(19-2)11(15)7-9/h6-7,16H,3-5,8,15H2,1-2H3. The highest BCUT2D eigenvalue weighted by atomic mass is 32.2. The highest BCUT2D eigenvalue weighted by Crippen LogP contribution is 2.37. The van der Waals surface area contributed by atoms with E-state index in [1.54, 1.807) is 11.8 Å². The molecule has 8 heteroatoms. The number of hydrogen-bond donors (Lipinski definition) is 2. The Morgan fingerprint density at radius 2 is 2.24 bits per heavy atom. The van der Waals surface area contributed by atoms with Crippen LogP contribution in [-0.2, 0) is 10.0 Å². The number of nitrogens with one attached hydrogen (secondary N) is 1. The molecule has 1 aromatic carbocycles. The van der Waals surface area contributed by atoms with E-state index in [0.717, 1.165) is 24.7 Å². The summed E-state index contributed by atoms with van der Waals surface area (Å²) in [6.07, 6.45) is 2.03. The Morgan fingerprint density at radius 1 is 1.52 bits per heavy atom. The van der Waals surface area contributed by atoms with Gasteiger partial charge >= 0.3 is 0 Å². The molecule has 0 aromatic heterocycles. The van der Waals surface area contributed by atoms with Crippen LogP contribution in [0.1, 0.15) is 19.8 Å². The lowest BCUT2D eigenvalue weighted by Crippen LogP contribution is -2.36. The van der Waals surface area contributed by atoms with Crippen LogP contribution in [0.5, 0.6) is 5.75 Å². The molecule has 0 radical (unpaired) electrons. The molecule has 1 aromatic rings. The minimum atomic E-state index is -3.79. The van der Waals surface area contributed by atoms with Crippen molar-refractivity contribution in [1.29, 1.82) is 0 Å². The summed E-state index contributed by atoms with van der Waals surface area (Å²) in [7, 11) is -2.52. The fourth-order valence-corrected chi connectivity index (χ4v) is 4.82. The monoisotopic (exact) mass is 334 g/mol. The van der Waals surface area contributed by atoms with Gasteiger partial charge in [0, 0.05) is 11.3 Å². The number of ether oxygens (including phenoxy) is 1. The summed E-state index contributed by atoms with van der Waals surface area (Å²) >= 11 is 1.75. The van der Waals surface area contributed by atoms with Crippen molar-refractivity contribution in [2.24, 2.45) is 0 Å². The van der Waals surface area contributed by atoms with Crippen molar-refractivity contribution < 1.29 is 17.5 Å². The second-order valence-electron chi connectivity index (χ2n) is 5.25. The Bertz CT molecular complexity index is 605. The Labute approximate surface area is 128 Å². The Kier molecular flexibility index (Phi) is 4.69. The van der Waals surface area contributed by atoms with Crippen molar-refractivity contribution in [3.63, 3.8) is 0 Å². The van der Waals surface area contributed by atoms with Gasteiger partial charge < -0.3 is 10.5 Å². The summed E-state index contributed by atoms with van der Waals surface area (Å²) in [5, 5.41) is 0. The van der Waals surface area contributed by atoms with E-state index in [9.17, 15) is 12.8 Å². The molecule has 0 amide bonds. The van der Waals surface area contributed by atoms with Gasteiger partial charge in [-0.2, -0.15) is 11.8 Å².